The minimum atomic E-state index is 0.692. The fourth-order valence-electron chi connectivity index (χ4n) is 0.631. The number of rotatable bonds is 9. The molecule has 0 aliphatic rings. The SMILES string of the molecule is C=CCCSCCOCCOC. The van der Waals surface area contributed by atoms with Gasteiger partial charge in [-0.15, -0.1) is 6.58 Å². The molecule has 0 saturated heterocycles. The van der Waals surface area contributed by atoms with E-state index in [1.54, 1.807) is 7.11 Å². The van der Waals surface area contributed by atoms with Crippen molar-refractivity contribution in [3.05, 3.63) is 12.7 Å². The third-order valence-electron chi connectivity index (χ3n) is 1.27. The van der Waals surface area contributed by atoms with Crippen LogP contribution in [0.25, 0.3) is 0 Å². The number of ether oxygens (including phenoxy) is 2. The zero-order chi connectivity index (χ0) is 9.07. The Morgan fingerprint density at radius 1 is 1.25 bits per heavy atom. The molecule has 0 aromatic rings. The summed E-state index contributed by atoms with van der Waals surface area (Å²) in [6.07, 6.45) is 3.03. The molecular formula is C9H18O2S. The molecule has 0 N–H and O–H groups in total. The van der Waals surface area contributed by atoms with E-state index in [0.29, 0.717) is 13.2 Å². The topological polar surface area (TPSA) is 18.5 Å². The van der Waals surface area contributed by atoms with Gasteiger partial charge in [0.25, 0.3) is 0 Å². The first kappa shape index (κ1) is 12.0. The Hall–Kier alpha value is 0.01000. The summed E-state index contributed by atoms with van der Waals surface area (Å²) in [6, 6.07) is 0. The molecule has 0 bridgehead atoms. The van der Waals surface area contributed by atoms with Gasteiger partial charge >= 0.3 is 0 Å². The maximum Gasteiger partial charge on any atom is 0.0700 e. The van der Waals surface area contributed by atoms with Crippen LogP contribution in [0.15, 0.2) is 12.7 Å². The van der Waals surface area contributed by atoms with Crippen LogP contribution in [-0.2, 0) is 9.47 Å². The van der Waals surface area contributed by atoms with E-state index in [9.17, 15) is 0 Å². The number of hydrogen-bond acceptors (Lipinski definition) is 3. The van der Waals surface area contributed by atoms with Gasteiger partial charge in [0, 0.05) is 12.9 Å². The van der Waals surface area contributed by atoms with E-state index < -0.39 is 0 Å². The summed E-state index contributed by atoms with van der Waals surface area (Å²) in [5.74, 6) is 2.22. The summed E-state index contributed by atoms with van der Waals surface area (Å²) >= 11 is 1.90. The number of thioether (sulfide) groups is 1. The van der Waals surface area contributed by atoms with E-state index >= 15 is 0 Å². The zero-order valence-corrected chi connectivity index (χ0v) is 8.57. The Morgan fingerprint density at radius 3 is 2.75 bits per heavy atom. The molecule has 3 heteroatoms. The zero-order valence-electron chi connectivity index (χ0n) is 7.75. The highest BCUT2D eigenvalue weighted by Gasteiger charge is 1.88. The van der Waals surface area contributed by atoms with Crippen LogP contribution in [0, 0.1) is 0 Å². The highest BCUT2D eigenvalue weighted by atomic mass is 32.2. The lowest BCUT2D eigenvalue weighted by Crippen LogP contribution is -2.04. The van der Waals surface area contributed by atoms with Crippen molar-refractivity contribution in [3.8, 4) is 0 Å². The van der Waals surface area contributed by atoms with E-state index in [4.69, 9.17) is 9.47 Å². The highest BCUT2D eigenvalue weighted by Crippen LogP contribution is 2.01. The van der Waals surface area contributed by atoms with Gasteiger partial charge in [0.15, 0.2) is 0 Å². The standard InChI is InChI=1S/C9H18O2S/c1-3-4-8-12-9-7-11-6-5-10-2/h3H,1,4-9H2,2H3. The molecule has 72 valence electrons. The minimum absolute atomic E-state index is 0.692. The van der Waals surface area contributed by atoms with Crippen LogP contribution in [0.3, 0.4) is 0 Å². The molecule has 2 nitrogen and oxygen atoms in total. The third-order valence-corrected chi connectivity index (χ3v) is 2.25. The average Bonchev–Trinajstić information content (AvgIpc) is 2.10. The molecule has 0 saturated carbocycles. The first-order chi connectivity index (χ1) is 5.91. The quantitative estimate of drug-likeness (QED) is 0.409. The summed E-state index contributed by atoms with van der Waals surface area (Å²) < 4.78 is 10.1. The predicted octanol–water partition coefficient (Wildman–Crippen LogP) is 1.96. The second kappa shape index (κ2) is 11.0. The summed E-state index contributed by atoms with van der Waals surface area (Å²) in [5, 5.41) is 0. The second-order valence-electron chi connectivity index (χ2n) is 2.29. The summed E-state index contributed by atoms with van der Waals surface area (Å²) in [5.41, 5.74) is 0. The normalized spacial score (nSPS) is 10.1. The molecule has 12 heavy (non-hydrogen) atoms. The van der Waals surface area contributed by atoms with E-state index in [1.165, 1.54) is 0 Å². The molecule has 0 unspecified atom stereocenters. The smallest absolute Gasteiger partial charge is 0.0700 e. The first-order valence-corrected chi connectivity index (χ1v) is 5.32. The van der Waals surface area contributed by atoms with E-state index in [-0.39, 0.29) is 0 Å². The van der Waals surface area contributed by atoms with Crippen LogP contribution in [0.2, 0.25) is 0 Å². The van der Waals surface area contributed by atoms with Crippen molar-refractivity contribution in [1.29, 1.82) is 0 Å². The van der Waals surface area contributed by atoms with Gasteiger partial charge in [-0.25, -0.2) is 0 Å². The van der Waals surface area contributed by atoms with Crippen LogP contribution < -0.4 is 0 Å². The predicted molar refractivity (Wildman–Crippen MR) is 54.8 cm³/mol. The van der Waals surface area contributed by atoms with Gasteiger partial charge in [-0.3, -0.25) is 0 Å². The van der Waals surface area contributed by atoms with Crippen molar-refractivity contribution in [2.75, 3.05) is 38.4 Å². The molecule has 0 radical (unpaired) electrons. The Kier molecular flexibility index (Phi) is 11.0. The Balaban J connectivity index is 2.77. The van der Waals surface area contributed by atoms with Crippen LogP contribution in [0.1, 0.15) is 6.42 Å². The number of hydrogen-bond donors (Lipinski definition) is 0. The molecule has 0 aromatic carbocycles. The molecule has 0 aliphatic carbocycles. The van der Waals surface area contributed by atoms with Crippen LogP contribution in [0.4, 0.5) is 0 Å². The average molecular weight is 190 g/mol. The number of methoxy groups -OCH3 is 1. The molecule has 0 atom stereocenters. The van der Waals surface area contributed by atoms with Crippen LogP contribution in [-0.4, -0.2) is 38.4 Å². The van der Waals surface area contributed by atoms with Crippen molar-refractivity contribution in [1.82, 2.24) is 0 Å². The highest BCUT2D eigenvalue weighted by molar-refractivity contribution is 7.99. The van der Waals surface area contributed by atoms with Gasteiger partial charge in [-0.2, -0.15) is 11.8 Å². The van der Waals surface area contributed by atoms with Gasteiger partial charge in [-0.1, -0.05) is 6.08 Å². The summed E-state index contributed by atoms with van der Waals surface area (Å²) in [6.45, 7) is 5.88. The molecule has 0 heterocycles. The maximum absolute atomic E-state index is 5.28. The van der Waals surface area contributed by atoms with Gasteiger partial charge < -0.3 is 9.47 Å². The van der Waals surface area contributed by atoms with Crippen molar-refractivity contribution >= 4 is 11.8 Å². The maximum atomic E-state index is 5.28. The largest absolute Gasteiger partial charge is 0.382 e. The van der Waals surface area contributed by atoms with Crippen molar-refractivity contribution in [3.63, 3.8) is 0 Å². The van der Waals surface area contributed by atoms with Crippen molar-refractivity contribution in [2.45, 2.75) is 6.42 Å². The molecule has 0 spiro atoms. The van der Waals surface area contributed by atoms with Crippen LogP contribution >= 0.6 is 11.8 Å². The van der Waals surface area contributed by atoms with Crippen molar-refractivity contribution in [2.24, 2.45) is 0 Å². The van der Waals surface area contributed by atoms with Gasteiger partial charge in [0.2, 0.25) is 0 Å². The molecular weight excluding hydrogens is 172 g/mol. The summed E-state index contributed by atoms with van der Waals surface area (Å²) in [7, 11) is 1.68. The molecule has 0 aliphatic heterocycles. The Morgan fingerprint density at radius 2 is 2.08 bits per heavy atom. The van der Waals surface area contributed by atoms with Crippen molar-refractivity contribution < 1.29 is 9.47 Å². The Bertz CT molecular complexity index is 96.5. The van der Waals surface area contributed by atoms with Crippen LogP contribution in [0.5, 0.6) is 0 Å². The van der Waals surface area contributed by atoms with Gasteiger partial charge in [0.05, 0.1) is 19.8 Å². The lowest BCUT2D eigenvalue weighted by Gasteiger charge is -2.02. The van der Waals surface area contributed by atoms with E-state index in [0.717, 1.165) is 24.5 Å². The van der Waals surface area contributed by atoms with E-state index in [2.05, 4.69) is 6.58 Å². The molecule has 0 amide bonds. The molecule has 0 aromatic heterocycles. The molecule has 0 rings (SSSR count). The van der Waals surface area contributed by atoms with Gasteiger partial charge in [-0.05, 0) is 12.2 Å². The van der Waals surface area contributed by atoms with Gasteiger partial charge in [0.1, 0.15) is 0 Å². The third kappa shape index (κ3) is 10.0. The molecule has 0 fully saturated rings. The second-order valence-corrected chi connectivity index (χ2v) is 3.52. The van der Waals surface area contributed by atoms with E-state index in [1.807, 2.05) is 17.8 Å². The minimum Gasteiger partial charge on any atom is -0.382 e. The Labute approximate surface area is 79.3 Å². The summed E-state index contributed by atoms with van der Waals surface area (Å²) in [4.78, 5) is 0. The monoisotopic (exact) mass is 190 g/mol. The lowest BCUT2D eigenvalue weighted by molar-refractivity contribution is 0.0790. The first-order valence-electron chi connectivity index (χ1n) is 4.17. The fourth-order valence-corrected chi connectivity index (χ4v) is 1.40. The lowest BCUT2D eigenvalue weighted by atomic mass is 10.5. The number of allylic oxidation sites excluding steroid dienone is 1. The fraction of sp³-hybridized carbons (Fsp3) is 0.778.